The molecule has 222 valence electrons. The number of fused-ring (bicyclic) bond motifs is 10. The SMILES string of the molecule is CCC1=C(C)c2cc3ccc([nH]3)c(-c3ccc(C(=O)O)cc3)c3ccc(cc4nc(cc5nc(cc1n2)C=C5)C(CC)=C4C)[nH]3.[Mg+2]. The predicted molar refractivity (Wildman–Crippen MR) is 189 cm³/mol. The van der Waals surface area contributed by atoms with E-state index in [4.69, 9.17) is 15.0 Å². The molecule has 0 fully saturated rings. The number of hydrogen-bond acceptors (Lipinski definition) is 4. The number of aromatic nitrogens is 5. The number of carbonyl (C=O) groups is 1. The predicted octanol–water partition coefficient (Wildman–Crippen LogP) is 8.98. The molecule has 0 aliphatic carbocycles. The number of benzene rings is 1. The van der Waals surface area contributed by atoms with Gasteiger partial charge in [0.1, 0.15) is 0 Å². The van der Waals surface area contributed by atoms with Crippen molar-refractivity contribution in [2.45, 2.75) is 40.5 Å². The molecule has 0 saturated carbocycles. The molecule has 7 rings (SSSR count). The molecule has 0 saturated heterocycles. The maximum atomic E-state index is 11.6. The van der Waals surface area contributed by atoms with Gasteiger partial charge in [0.2, 0.25) is 0 Å². The summed E-state index contributed by atoms with van der Waals surface area (Å²) in [7, 11) is 0. The second-order valence-electron chi connectivity index (χ2n) is 11.5. The second-order valence-corrected chi connectivity index (χ2v) is 11.5. The number of rotatable bonds is 4. The van der Waals surface area contributed by atoms with Gasteiger partial charge in [0, 0.05) is 27.6 Å². The van der Waals surface area contributed by atoms with Crippen molar-refractivity contribution in [1.82, 2.24) is 24.9 Å². The zero-order valence-corrected chi connectivity index (χ0v) is 27.8. The van der Waals surface area contributed by atoms with Crippen LogP contribution in [0.15, 0.2) is 72.8 Å². The first-order chi connectivity index (χ1) is 21.8. The van der Waals surface area contributed by atoms with Crippen LogP contribution in [0.3, 0.4) is 0 Å². The number of nitrogens with one attached hydrogen (secondary N) is 2. The Kier molecular flexibility index (Phi) is 8.50. The van der Waals surface area contributed by atoms with Crippen LogP contribution in [0.5, 0.6) is 0 Å². The monoisotopic (exact) mass is 615 g/mol. The number of hydrogen-bond donors (Lipinski definition) is 3. The number of allylic oxidation sites excluding steroid dienone is 4. The minimum atomic E-state index is -0.952. The third kappa shape index (κ3) is 5.70. The third-order valence-electron chi connectivity index (χ3n) is 8.69. The smallest absolute Gasteiger partial charge is 0.478 e. The van der Waals surface area contributed by atoms with Crippen molar-refractivity contribution in [1.29, 1.82) is 0 Å². The minimum absolute atomic E-state index is 0. The Morgan fingerprint density at radius 1 is 0.652 bits per heavy atom. The molecule has 0 atom stereocenters. The average molecular weight is 616 g/mol. The number of H-pyrrole nitrogens is 2. The Morgan fingerprint density at radius 2 is 1.13 bits per heavy atom. The summed E-state index contributed by atoms with van der Waals surface area (Å²) in [4.78, 5) is 33.7. The van der Waals surface area contributed by atoms with Crippen LogP contribution in [-0.2, 0) is 0 Å². The molecule has 46 heavy (non-hydrogen) atoms. The Balaban J connectivity index is 0.00000372. The van der Waals surface area contributed by atoms with Crippen LogP contribution >= 0.6 is 0 Å². The first-order valence-corrected chi connectivity index (χ1v) is 15.3. The zero-order chi connectivity index (χ0) is 31.2. The van der Waals surface area contributed by atoms with Gasteiger partial charge < -0.3 is 15.1 Å². The summed E-state index contributed by atoms with van der Waals surface area (Å²) in [5.41, 5.74) is 15.9. The van der Waals surface area contributed by atoms with Crippen molar-refractivity contribution < 1.29 is 9.90 Å². The number of nitrogens with zero attached hydrogens (tertiary/aromatic N) is 3. The van der Waals surface area contributed by atoms with E-state index in [2.05, 4.69) is 86.2 Å². The van der Waals surface area contributed by atoms with Crippen LogP contribution in [0, 0.1) is 0 Å². The van der Waals surface area contributed by atoms with E-state index >= 15 is 0 Å². The van der Waals surface area contributed by atoms with Gasteiger partial charge in [-0.3, -0.25) is 0 Å². The van der Waals surface area contributed by atoms with Gasteiger partial charge in [-0.2, -0.15) is 0 Å². The van der Waals surface area contributed by atoms with E-state index in [0.717, 1.165) is 91.3 Å². The van der Waals surface area contributed by atoms with Crippen molar-refractivity contribution >= 4 is 85.5 Å². The van der Waals surface area contributed by atoms with Crippen molar-refractivity contribution in [2.75, 3.05) is 0 Å². The molecule has 4 aromatic rings. The molecule has 0 radical (unpaired) electrons. The largest absolute Gasteiger partial charge is 2.00 e. The van der Waals surface area contributed by atoms with Gasteiger partial charge in [0.05, 0.1) is 39.7 Å². The Labute approximate surface area is 283 Å². The first kappa shape index (κ1) is 31.2. The van der Waals surface area contributed by atoms with Crippen LogP contribution in [0.4, 0.5) is 0 Å². The summed E-state index contributed by atoms with van der Waals surface area (Å²) >= 11 is 0. The van der Waals surface area contributed by atoms with Crippen molar-refractivity contribution in [3.63, 3.8) is 0 Å². The van der Waals surface area contributed by atoms with Gasteiger partial charge in [0.15, 0.2) is 0 Å². The topological polar surface area (TPSA) is 108 Å². The molecule has 0 spiro atoms. The Hall–Kier alpha value is -4.79. The second kappa shape index (κ2) is 12.5. The summed E-state index contributed by atoms with van der Waals surface area (Å²) < 4.78 is 0. The van der Waals surface area contributed by atoms with Gasteiger partial charge in [0.25, 0.3) is 0 Å². The molecule has 8 heteroatoms. The number of carboxylic acids is 1. The zero-order valence-electron chi connectivity index (χ0n) is 26.4. The quantitative estimate of drug-likeness (QED) is 0.175. The maximum absolute atomic E-state index is 11.6. The van der Waals surface area contributed by atoms with E-state index in [1.54, 1.807) is 12.1 Å². The Morgan fingerprint density at radius 3 is 1.57 bits per heavy atom. The molecule has 6 heterocycles. The summed E-state index contributed by atoms with van der Waals surface area (Å²) in [5.74, 6) is -0.952. The minimum Gasteiger partial charge on any atom is -0.478 e. The number of aromatic carboxylic acids is 1. The van der Waals surface area contributed by atoms with E-state index in [9.17, 15) is 9.90 Å². The molecule has 3 aromatic heterocycles. The van der Waals surface area contributed by atoms with Crippen molar-refractivity contribution in [3.05, 3.63) is 113 Å². The van der Waals surface area contributed by atoms with E-state index in [-0.39, 0.29) is 28.6 Å². The van der Waals surface area contributed by atoms with E-state index < -0.39 is 5.97 Å². The summed E-state index contributed by atoms with van der Waals surface area (Å²) in [6, 6.07) is 23.5. The average Bonchev–Trinajstić information content (AvgIpc) is 3.86. The molecular formula is C38H33MgN5O2+2. The maximum Gasteiger partial charge on any atom is 2.00 e. The van der Waals surface area contributed by atoms with E-state index in [1.807, 2.05) is 24.3 Å². The Bertz CT molecular complexity index is 2110. The molecule has 3 aliphatic rings. The van der Waals surface area contributed by atoms with E-state index in [1.165, 1.54) is 11.1 Å². The molecular weight excluding hydrogens is 583 g/mol. The molecule has 10 bridgehead atoms. The van der Waals surface area contributed by atoms with Crippen molar-refractivity contribution in [2.24, 2.45) is 0 Å². The standard InChI is InChI=1S/C38H33N5O2.Mg/c1-5-29-21(3)33-17-27-13-15-31(40-27)37(23-7-9-24(10-8-23)38(44)45)32-16-14-28(41-32)18-34-22(4)30(6-2)36(43-34)20-26-12-11-25(39-26)19-35(29)42-33;/h7-20,40-41H,5-6H2,1-4H3,(H,44,45);/q;+2. The van der Waals surface area contributed by atoms with Crippen LogP contribution in [0.1, 0.15) is 85.1 Å². The molecule has 1 aromatic carbocycles. The normalized spacial score (nSPS) is 13.1. The molecule has 7 nitrogen and oxygen atoms in total. The summed E-state index contributed by atoms with van der Waals surface area (Å²) in [5, 5.41) is 9.49. The molecule has 0 amide bonds. The van der Waals surface area contributed by atoms with Crippen molar-refractivity contribution in [3.8, 4) is 11.1 Å². The molecule has 3 N–H and O–H groups in total. The summed E-state index contributed by atoms with van der Waals surface area (Å²) in [6.07, 6.45) is 5.80. The van der Waals surface area contributed by atoms with E-state index in [0.29, 0.717) is 0 Å². The van der Waals surface area contributed by atoms with Gasteiger partial charge in [-0.05, 0) is 127 Å². The fourth-order valence-electron chi connectivity index (χ4n) is 6.32. The fraction of sp³-hybridized carbons (Fsp3) is 0.158. The van der Waals surface area contributed by atoms with Gasteiger partial charge in [-0.15, -0.1) is 0 Å². The third-order valence-corrected chi connectivity index (χ3v) is 8.69. The van der Waals surface area contributed by atoms with Crippen LogP contribution in [-0.4, -0.2) is 59.0 Å². The molecule has 0 unspecified atom stereocenters. The molecule has 3 aliphatic heterocycles. The summed E-state index contributed by atoms with van der Waals surface area (Å²) in [6.45, 7) is 8.56. The van der Waals surface area contributed by atoms with Crippen LogP contribution in [0.25, 0.3) is 67.6 Å². The van der Waals surface area contributed by atoms with Gasteiger partial charge in [-0.1, -0.05) is 26.0 Å². The van der Waals surface area contributed by atoms with Gasteiger partial charge in [-0.25, -0.2) is 19.7 Å². The first-order valence-electron chi connectivity index (χ1n) is 15.3. The van der Waals surface area contributed by atoms with Crippen LogP contribution < -0.4 is 0 Å². The number of aromatic amines is 2. The van der Waals surface area contributed by atoms with Gasteiger partial charge >= 0.3 is 29.0 Å². The number of carboxylic acid groups (broad SMARTS) is 1. The van der Waals surface area contributed by atoms with Crippen LogP contribution in [0.2, 0.25) is 0 Å². The fourth-order valence-corrected chi connectivity index (χ4v) is 6.32.